The number of nitrogens with one attached hydrogen (secondary N) is 2. The maximum absolute atomic E-state index is 12.6. The summed E-state index contributed by atoms with van der Waals surface area (Å²) < 4.78 is 15.5. The molecule has 0 aliphatic carbocycles. The highest BCUT2D eigenvalue weighted by Gasteiger charge is 2.18. The molecule has 1 heterocycles. The van der Waals surface area contributed by atoms with Crippen LogP contribution in [0.4, 0.5) is 17.2 Å². The van der Waals surface area contributed by atoms with Gasteiger partial charge in [-0.1, -0.05) is 11.2 Å². The van der Waals surface area contributed by atoms with Gasteiger partial charge in [0.2, 0.25) is 0 Å². The van der Waals surface area contributed by atoms with Gasteiger partial charge in [0.25, 0.3) is 5.91 Å². The van der Waals surface area contributed by atoms with Crippen LogP contribution < -0.4 is 20.1 Å². The number of nitrogens with zero attached hydrogens (tertiary/aromatic N) is 1. The number of hydrogen-bond donors (Lipinski definition) is 2. The van der Waals surface area contributed by atoms with E-state index in [2.05, 4.69) is 15.8 Å². The van der Waals surface area contributed by atoms with E-state index < -0.39 is 0 Å². The van der Waals surface area contributed by atoms with Crippen LogP contribution in [-0.2, 0) is 0 Å². The average Bonchev–Trinajstić information content (AvgIpc) is 3.07. The minimum absolute atomic E-state index is 0.313. The van der Waals surface area contributed by atoms with Crippen LogP contribution in [-0.4, -0.2) is 25.3 Å². The van der Waals surface area contributed by atoms with Crippen molar-refractivity contribution in [3.8, 4) is 11.5 Å². The summed E-state index contributed by atoms with van der Waals surface area (Å²) in [4.78, 5) is 12.6. The standard InChI is InChI=1S/C19H19N3O4/c1-12-11-17(22-26-12)20-13-7-9-14(10-8-13)21-19(23)18-15(24-2)5-4-6-16(18)25-3/h4-11H,1-3H3,(H,20,22)(H,21,23). The van der Waals surface area contributed by atoms with Crippen molar-refractivity contribution in [3.63, 3.8) is 0 Å². The van der Waals surface area contributed by atoms with E-state index in [4.69, 9.17) is 14.0 Å². The second-order valence-corrected chi connectivity index (χ2v) is 5.52. The number of carbonyl (C=O) groups excluding carboxylic acids is 1. The van der Waals surface area contributed by atoms with Gasteiger partial charge in [-0.25, -0.2) is 0 Å². The molecule has 0 aliphatic rings. The molecule has 3 aromatic rings. The molecule has 0 saturated heterocycles. The second-order valence-electron chi connectivity index (χ2n) is 5.52. The Kier molecular flexibility index (Phi) is 5.07. The molecule has 0 bridgehead atoms. The van der Waals surface area contributed by atoms with Gasteiger partial charge in [-0.3, -0.25) is 4.79 Å². The lowest BCUT2D eigenvalue weighted by Crippen LogP contribution is -2.14. The summed E-state index contributed by atoms with van der Waals surface area (Å²) in [6, 6.07) is 14.2. The Morgan fingerprint density at radius 2 is 1.62 bits per heavy atom. The van der Waals surface area contributed by atoms with E-state index in [1.54, 1.807) is 36.4 Å². The van der Waals surface area contributed by atoms with E-state index in [0.29, 0.717) is 28.6 Å². The van der Waals surface area contributed by atoms with Crippen LogP contribution in [0.25, 0.3) is 0 Å². The molecule has 1 aromatic heterocycles. The number of ether oxygens (including phenoxy) is 2. The molecule has 3 rings (SSSR count). The molecule has 1 amide bonds. The summed E-state index contributed by atoms with van der Waals surface area (Å²) in [5, 5.41) is 9.83. The molecule has 0 spiro atoms. The highest BCUT2D eigenvalue weighted by molar-refractivity contribution is 6.08. The topological polar surface area (TPSA) is 85.6 Å². The van der Waals surface area contributed by atoms with Gasteiger partial charge in [0.15, 0.2) is 5.82 Å². The van der Waals surface area contributed by atoms with Crippen LogP contribution in [0, 0.1) is 6.92 Å². The Labute approximate surface area is 150 Å². The van der Waals surface area contributed by atoms with Crippen LogP contribution in [0.3, 0.4) is 0 Å². The Morgan fingerprint density at radius 1 is 1.00 bits per heavy atom. The van der Waals surface area contributed by atoms with Gasteiger partial charge in [-0.05, 0) is 43.3 Å². The number of benzene rings is 2. The lowest BCUT2D eigenvalue weighted by atomic mass is 10.1. The van der Waals surface area contributed by atoms with Crippen LogP contribution >= 0.6 is 0 Å². The third-order valence-corrected chi connectivity index (χ3v) is 3.70. The summed E-state index contributed by atoms with van der Waals surface area (Å²) >= 11 is 0. The van der Waals surface area contributed by atoms with Gasteiger partial charge in [-0.15, -0.1) is 0 Å². The predicted molar refractivity (Wildman–Crippen MR) is 98.5 cm³/mol. The minimum atomic E-state index is -0.313. The third kappa shape index (κ3) is 3.77. The zero-order valence-electron chi connectivity index (χ0n) is 14.7. The molecule has 0 unspecified atom stereocenters. The lowest BCUT2D eigenvalue weighted by molar-refractivity contribution is 0.102. The Morgan fingerprint density at radius 3 is 2.15 bits per heavy atom. The summed E-state index contributed by atoms with van der Waals surface area (Å²) in [6.07, 6.45) is 0. The molecule has 0 radical (unpaired) electrons. The fourth-order valence-corrected chi connectivity index (χ4v) is 2.48. The summed E-state index contributed by atoms with van der Waals surface area (Å²) in [6.45, 7) is 1.82. The number of aryl methyl sites for hydroxylation is 1. The molecular formula is C19H19N3O4. The molecule has 0 aliphatic heterocycles. The van der Waals surface area contributed by atoms with Crippen LogP contribution in [0.1, 0.15) is 16.1 Å². The first-order valence-corrected chi connectivity index (χ1v) is 7.93. The van der Waals surface area contributed by atoms with Crippen molar-refractivity contribution in [2.75, 3.05) is 24.9 Å². The normalized spacial score (nSPS) is 10.3. The Hall–Kier alpha value is -3.48. The minimum Gasteiger partial charge on any atom is -0.496 e. The number of aromatic nitrogens is 1. The number of carbonyl (C=O) groups is 1. The van der Waals surface area contributed by atoms with E-state index in [-0.39, 0.29) is 5.91 Å². The van der Waals surface area contributed by atoms with E-state index in [1.807, 2.05) is 19.1 Å². The molecule has 0 fully saturated rings. The van der Waals surface area contributed by atoms with Crippen molar-refractivity contribution in [2.45, 2.75) is 6.92 Å². The molecule has 134 valence electrons. The number of rotatable bonds is 6. The van der Waals surface area contributed by atoms with Crippen LogP contribution in [0.5, 0.6) is 11.5 Å². The van der Waals surface area contributed by atoms with E-state index in [1.165, 1.54) is 14.2 Å². The maximum Gasteiger partial charge on any atom is 0.263 e. The van der Waals surface area contributed by atoms with Gasteiger partial charge >= 0.3 is 0 Å². The van der Waals surface area contributed by atoms with Gasteiger partial charge in [-0.2, -0.15) is 0 Å². The van der Waals surface area contributed by atoms with Gasteiger partial charge in [0.05, 0.1) is 14.2 Å². The monoisotopic (exact) mass is 353 g/mol. The first-order valence-electron chi connectivity index (χ1n) is 7.93. The highest BCUT2D eigenvalue weighted by atomic mass is 16.5. The molecule has 7 nitrogen and oxygen atoms in total. The van der Waals surface area contributed by atoms with E-state index in [9.17, 15) is 4.79 Å². The Bertz CT molecular complexity index is 881. The first kappa shape index (κ1) is 17.3. The zero-order chi connectivity index (χ0) is 18.5. The van der Waals surface area contributed by atoms with Gasteiger partial charge in [0.1, 0.15) is 22.8 Å². The highest BCUT2D eigenvalue weighted by Crippen LogP contribution is 2.29. The average molecular weight is 353 g/mol. The maximum atomic E-state index is 12.6. The summed E-state index contributed by atoms with van der Waals surface area (Å²) in [5.74, 6) is 1.93. The summed E-state index contributed by atoms with van der Waals surface area (Å²) in [5.41, 5.74) is 1.81. The molecule has 2 aromatic carbocycles. The molecule has 2 N–H and O–H groups in total. The second kappa shape index (κ2) is 7.60. The van der Waals surface area contributed by atoms with Gasteiger partial charge in [0, 0.05) is 17.4 Å². The van der Waals surface area contributed by atoms with Crippen molar-refractivity contribution in [1.82, 2.24) is 5.16 Å². The molecule has 26 heavy (non-hydrogen) atoms. The predicted octanol–water partition coefficient (Wildman–Crippen LogP) is 4.00. The number of hydrogen-bond acceptors (Lipinski definition) is 6. The van der Waals surface area contributed by atoms with Crippen molar-refractivity contribution in [3.05, 3.63) is 59.9 Å². The molecule has 0 atom stereocenters. The van der Waals surface area contributed by atoms with Crippen molar-refractivity contribution in [1.29, 1.82) is 0 Å². The van der Waals surface area contributed by atoms with Gasteiger partial charge < -0.3 is 24.6 Å². The van der Waals surface area contributed by atoms with Crippen LogP contribution in [0.15, 0.2) is 53.1 Å². The van der Waals surface area contributed by atoms with Crippen molar-refractivity contribution in [2.24, 2.45) is 0 Å². The molecule has 7 heteroatoms. The fraction of sp³-hybridized carbons (Fsp3) is 0.158. The Balaban J connectivity index is 1.74. The quantitative estimate of drug-likeness (QED) is 0.697. The first-order chi connectivity index (χ1) is 12.6. The zero-order valence-corrected chi connectivity index (χ0v) is 14.7. The summed E-state index contributed by atoms with van der Waals surface area (Å²) in [7, 11) is 3.02. The SMILES string of the molecule is COc1cccc(OC)c1C(=O)Nc1ccc(Nc2cc(C)on2)cc1. The van der Waals surface area contributed by atoms with E-state index >= 15 is 0 Å². The fourth-order valence-electron chi connectivity index (χ4n) is 2.48. The van der Waals surface area contributed by atoms with E-state index in [0.717, 1.165) is 11.4 Å². The molecule has 0 saturated carbocycles. The van der Waals surface area contributed by atoms with Crippen LogP contribution in [0.2, 0.25) is 0 Å². The lowest BCUT2D eigenvalue weighted by Gasteiger charge is -2.13. The van der Waals surface area contributed by atoms with Crippen molar-refractivity contribution >= 4 is 23.1 Å². The number of anilines is 3. The molecular weight excluding hydrogens is 334 g/mol. The number of methoxy groups -OCH3 is 2. The number of amides is 1. The van der Waals surface area contributed by atoms with Crippen molar-refractivity contribution < 1.29 is 18.8 Å². The third-order valence-electron chi connectivity index (χ3n) is 3.70. The largest absolute Gasteiger partial charge is 0.496 e. The smallest absolute Gasteiger partial charge is 0.263 e.